The van der Waals surface area contributed by atoms with Gasteiger partial charge in [-0.15, -0.1) is 0 Å². The third-order valence-corrected chi connectivity index (χ3v) is 5.60. The fourth-order valence-electron chi connectivity index (χ4n) is 2.25. The van der Waals surface area contributed by atoms with E-state index in [9.17, 15) is 13.2 Å². The molecule has 0 aromatic rings. The predicted molar refractivity (Wildman–Crippen MR) is 73.6 cm³/mol. The van der Waals surface area contributed by atoms with Crippen molar-refractivity contribution in [3.05, 3.63) is 0 Å². The van der Waals surface area contributed by atoms with Crippen LogP contribution in [-0.4, -0.2) is 74.2 Å². The Labute approximate surface area is 115 Å². The number of hydrogen-bond donors (Lipinski definition) is 1. The maximum absolute atomic E-state index is 12.5. The van der Waals surface area contributed by atoms with Crippen molar-refractivity contribution < 1.29 is 13.2 Å². The number of carbonyl (C=O) groups excluding carboxylic acids is 1. The van der Waals surface area contributed by atoms with Crippen LogP contribution < -0.4 is 5.73 Å². The summed E-state index contributed by atoms with van der Waals surface area (Å²) < 4.78 is 27.7. The Hall–Kier alpha value is -0.700. The van der Waals surface area contributed by atoms with Crippen LogP contribution in [0.4, 0.5) is 0 Å². The molecule has 1 saturated heterocycles. The highest BCUT2D eigenvalue weighted by molar-refractivity contribution is 7.86. The molecule has 0 bridgehead atoms. The van der Waals surface area contributed by atoms with Gasteiger partial charge in [0.05, 0.1) is 5.92 Å². The summed E-state index contributed by atoms with van der Waals surface area (Å²) in [5.41, 5.74) is 5.34. The number of hydrogen-bond acceptors (Lipinski definition) is 4. The smallest absolute Gasteiger partial charge is 0.282 e. The Bertz CT molecular complexity index is 408. The largest absolute Gasteiger partial charge is 0.369 e. The van der Waals surface area contributed by atoms with Gasteiger partial charge >= 0.3 is 0 Å². The van der Waals surface area contributed by atoms with E-state index in [1.807, 2.05) is 11.9 Å². The van der Waals surface area contributed by atoms with Crippen molar-refractivity contribution in [1.82, 2.24) is 13.5 Å². The molecule has 8 heteroatoms. The van der Waals surface area contributed by atoms with Crippen LogP contribution in [0.3, 0.4) is 0 Å². The summed E-state index contributed by atoms with van der Waals surface area (Å²) in [6.07, 6.45) is 0. The molecule has 0 aromatic heterocycles. The molecule has 0 aromatic carbocycles. The van der Waals surface area contributed by atoms with Crippen LogP contribution in [0.1, 0.15) is 13.8 Å². The van der Waals surface area contributed by atoms with Gasteiger partial charge in [0, 0.05) is 39.3 Å². The van der Waals surface area contributed by atoms with Crippen LogP contribution in [0.2, 0.25) is 0 Å². The fourth-order valence-corrected chi connectivity index (χ4v) is 3.91. The molecule has 112 valence electrons. The quantitative estimate of drug-likeness (QED) is 0.698. The highest BCUT2D eigenvalue weighted by atomic mass is 32.2. The summed E-state index contributed by atoms with van der Waals surface area (Å²) >= 11 is 0. The van der Waals surface area contributed by atoms with Crippen LogP contribution in [0.25, 0.3) is 0 Å². The first kappa shape index (κ1) is 16.4. The van der Waals surface area contributed by atoms with Gasteiger partial charge in [-0.2, -0.15) is 17.0 Å². The molecule has 19 heavy (non-hydrogen) atoms. The van der Waals surface area contributed by atoms with E-state index in [4.69, 9.17) is 5.73 Å². The number of nitrogens with zero attached hydrogens (tertiary/aromatic N) is 3. The number of primary amides is 1. The Morgan fingerprint density at radius 1 is 1.26 bits per heavy atom. The van der Waals surface area contributed by atoms with Crippen LogP contribution in [0, 0.1) is 5.92 Å². The summed E-state index contributed by atoms with van der Waals surface area (Å²) in [5.74, 6) is -0.911. The monoisotopic (exact) mass is 292 g/mol. The van der Waals surface area contributed by atoms with Gasteiger partial charge in [-0.05, 0) is 7.05 Å². The van der Waals surface area contributed by atoms with E-state index >= 15 is 0 Å². The second-order valence-corrected chi connectivity index (χ2v) is 6.74. The van der Waals surface area contributed by atoms with Crippen molar-refractivity contribution in [2.75, 3.05) is 46.3 Å². The summed E-state index contributed by atoms with van der Waals surface area (Å²) in [6, 6.07) is 0. The molecule has 1 amide bonds. The van der Waals surface area contributed by atoms with Gasteiger partial charge in [-0.25, -0.2) is 0 Å². The number of carbonyl (C=O) groups is 1. The van der Waals surface area contributed by atoms with Crippen LogP contribution in [0.5, 0.6) is 0 Å². The minimum atomic E-state index is -3.51. The highest BCUT2D eigenvalue weighted by Crippen LogP contribution is 2.15. The molecule has 1 atom stereocenters. The first-order chi connectivity index (χ1) is 8.82. The Kier molecular flexibility index (Phi) is 5.72. The Morgan fingerprint density at radius 3 is 2.32 bits per heavy atom. The molecule has 0 saturated carbocycles. The molecule has 1 heterocycles. The lowest BCUT2D eigenvalue weighted by atomic mass is 10.1. The standard InChI is InChI=1S/C11H24N4O3S/c1-4-14(5-2)19(17,18)15-7-6-13(3)8-10(9-15)11(12)16/h10H,4-9H2,1-3H3,(H2,12,16)/t10-/m0/s1. The predicted octanol–water partition coefficient (Wildman–Crippen LogP) is -1.08. The lowest BCUT2D eigenvalue weighted by Crippen LogP contribution is -2.47. The Balaban J connectivity index is 2.95. The second kappa shape index (κ2) is 6.65. The molecular formula is C11H24N4O3S. The number of amides is 1. The molecule has 0 spiro atoms. The zero-order valence-electron chi connectivity index (χ0n) is 11.9. The highest BCUT2D eigenvalue weighted by Gasteiger charge is 2.34. The van der Waals surface area contributed by atoms with Gasteiger partial charge in [0.15, 0.2) is 0 Å². The SMILES string of the molecule is CCN(CC)S(=O)(=O)N1CCN(C)C[C@H](C(N)=O)C1. The number of rotatable bonds is 5. The lowest BCUT2D eigenvalue weighted by Gasteiger charge is -2.28. The maximum Gasteiger partial charge on any atom is 0.282 e. The van der Waals surface area contributed by atoms with Gasteiger partial charge in [0.25, 0.3) is 10.2 Å². The summed E-state index contributed by atoms with van der Waals surface area (Å²) in [5, 5.41) is 0. The van der Waals surface area contributed by atoms with Gasteiger partial charge in [0.2, 0.25) is 5.91 Å². The maximum atomic E-state index is 12.5. The summed E-state index contributed by atoms with van der Waals surface area (Å²) in [7, 11) is -1.64. The first-order valence-corrected chi connectivity index (χ1v) is 7.95. The average molecular weight is 292 g/mol. The van der Waals surface area contributed by atoms with E-state index in [-0.39, 0.29) is 6.54 Å². The van der Waals surface area contributed by atoms with E-state index < -0.39 is 22.0 Å². The topological polar surface area (TPSA) is 87.0 Å². The van der Waals surface area contributed by atoms with Gasteiger partial charge in [0.1, 0.15) is 0 Å². The van der Waals surface area contributed by atoms with Crippen LogP contribution in [-0.2, 0) is 15.0 Å². The molecule has 2 N–H and O–H groups in total. The normalized spacial score (nSPS) is 23.5. The fraction of sp³-hybridized carbons (Fsp3) is 0.909. The van der Waals surface area contributed by atoms with Gasteiger partial charge in [-0.1, -0.05) is 13.8 Å². The molecule has 1 aliphatic rings. The third-order valence-electron chi connectivity index (χ3n) is 3.45. The molecule has 0 radical (unpaired) electrons. The van der Waals surface area contributed by atoms with Gasteiger partial charge in [-0.3, -0.25) is 4.79 Å². The molecule has 0 unspecified atom stereocenters. The average Bonchev–Trinajstić information content (AvgIpc) is 2.52. The minimum absolute atomic E-state index is 0.165. The molecule has 7 nitrogen and oxygen atoms in total. The molecule has 1 rings (SSSR count). The first-order valence-electron chi connectivity index (χ1n) is 6.56. The van der Waals surface area contributed by atoms with Crippen LogP contribution >= 0.6 is 0 Å². The zero-order chi connectivity index (χ0) is 14.6. The summed E-state index contributed by atoms with van der Waals surface area (Å²) in [6.45, 7) is 6.10. The molecule has 1 fully saturated rings. The van der Waals surface area contributed by atoms with Crippen molar-refractivity contribution in [1.29, 1.82) is 0 Å². The van der Waals surface area contributed by atoms with Crippen molar-refractivity contribution in [3.8, 4) is 0 Å². The molecular weight excluding hydrogens is 268 g/mol. The van der Waals surface area contributed by atoms with E-state index in [1.165, 1.54) is 8.61 Å². The summed E-state index contributed by atoms with van der Waals surface area (Å²) in [4.78, 5) is 13.3. The van der Waals surface area contributed by atoms with E-state index in [0.717, 1.165) is 0 Å². The van der Waals surface area contributed by atoms with Gasteiger partial charge < -0.3 is 10.6 Å². The zero-order valence-corrected chi connectivity index (χ0v) is 12.7. The van der Waals surface area contributed by atoms with Crippen molar-refractivity contribution in [2.45, 2.75) is 13.8 Å². The van der Waals surface area contributed by atoms with E-state index in [1.54, 1.807) is 13.8 Å². The Morgan fingerprint density at radius 2 is 1.84 bits per heavy atom. The van der Waals surface area contributed by atoms with E-state index in [0.29, 0.717) is 32.7 Å². The second-order valence-electron chi connectivity index (χ2n) is 4.81. The number of nitrogens with two attached hydrogens (primary N) is 1. The molecule has 1 aliphatic heterocycles. The van der Waals surface area contributed by atoms with Crippen molar-refractivity contribution >= 4 is 16.1 Å². The molecule has 0 aliphatic carbocycles. The minimum Gasteiger partial charge on any atom is -0.369 e. The lowest BCUT2D eigenvalue weighted by molar-refractivity contribution is -0.122. The van der Waals surface area contributed by atoms with E-state index in [2.05, 4.69) is 0 Å². The number of likely N-dealkylation sites (N-methyl/N-ethyl adjacent to an activating group) is 1. The third kappa shape index (κ3) is 3.88. The van der Waals surface area contributed by atoms with Crippen molar-refractivity contribution in [2.24, 2.45) is 11.7 Å². The van der Waals surface area contributed by atoms with Crippen LogP contribution in [0.15, 0.2) is 0 Å². The van der Waals surface area contributed by atoms with Crippen molar-refractivity contribution in [3.63, 3.8) is 0 Å².